The second-order valence-corrected chi connectivity index (χ2v) is 6.26. The summed E-state index contributed by atoms with van der Waals surface area (Å²) in [6, 6.07) is -0.0776. The number of rotatable bonds is 6. The molecule has 0 saturated heterocycles. The fourth-order valence-corrected chi connectivity index (χ4v) is 2.36. The molecular weight excluding hydrogens is 212 g/mol. The monoisotopic (exact) mass is 240 g/mol. The first-order valence-electron chi connectivity index (χ1n) is 6.94. The molecule has 0 bridgehead atoms. The predicted molar refractivity (Wildman–Crippen MR) is 71.9 cm³/mol. The van der Waals surface area contributed by atoms with Gasteiger partial charge in [0.05, 0.1) is 6.04 Å². The summed E-state index contributed by atoms with van der Waals surface area (Å²) < 4.78 is 0. The molecule has 0 aromatic carbocycles. The highest BCUT2D eigenvalue weighted by molar-refractivity contribution is 5.81. The summed E-state index contributed by atoms with van der Waals surface area (Å²) in [6.07, 6.45) is 5.26. The van der Waals surface area contributed by atoms with Crippen LogP contribution < -0.4 is 10.6 Å². The van der Waals surface area contributed by atoms with Gasteiger partial charge in [0.1, 0.15) is 0 Å². The average molecular weight is 240 g/mol. The summed E-state index contributed by atoms with van der Waals surface area (Å²) >= 11 is 0. The van der Waals surface area contributed by atoms with Gasteiger partial charge in [0.25, 0.3) is 0 Å². The second kappa shape index (κ2) is 6.39. The van der Waals surface area contributed by atoms with Gasteiger partial charge in [0, 0.05) is 13.1 Å². The third kappa shape index (κ3) is 5.07. The van der Waals surface area contributed by atoms with E-state index in [1.165, 1.54) is 25.7 Å². The molecule has 0 heterocycles. The predicted octanol–water partition coefficient (Wildman–Crippen LogP) is 2.32. The number of carbonyl (C=O) groups excluding carboxylic acids is 1. The second-order valence-electron chi connectivity index (χ2n) is 6.26. The van der Waals surface area contributed by atoms with Crippen molar-refractivity contribution in [1.82, 2.24) is 10.6 Å². The van der Waals surface area contributed by atoms with E-state index in [0.717, 1.165) is 13.1 Å². The maximum absolute atomic E-state index is 11.8. The third-order valence-corrected chi connectivity index (χ3v) is 3.72. The summed E-state index contributed by atoms with van der Waals surface area (Å²) in [7, 11) is 0. The largest absolute Gasteiger partial charge is 0.354 e. The van der Waals surface area contributed by atoms with E-state index in [1.807, 2.05) is 6.92 Å². The van der Waals surface area contributed by atoms with Crippen molar-refractivity contribution >= 4 is 5.91 Å². The molecule has 0 aromatic rings. The molecule has 0 spiro atoms. The van der Waals surface area contributed by atoms with E-state index in [-0.39, 0.29) is 11.9 Å². The van der Waals surface area contributed by atoms with Crippen LogP contribution in [0.5, 0.6) is 0 Å². The highest BCUT2D eigenvalue weighted by Crippen LogP contribution is 2.36. The van der Waals surface area contributed by atoms with E-state index in [0.29, 0.717) is 11.3 Å². The molecule has 1 atom stereocenters. The van der Waals surface area contributed by atoms with Crippen molar-refractivity contribution in [2.45, 2.75) is 59.4 Å². The van der Waals surface area contributed by atoms with Gasteiger partial charge in [0.2, 0.25) is 5.91 Å². The van der Waals surface area contributed by atoms with Crippen LogP contribution in [-0.2, 0) is 4.79 Å². The smallest absolute Gasteiger partial charge is 0.236 e. The lowest BCUT2D eigenvalue weighted by molar-refractivity contribution is -0.123. The molecule has 100 valence electrons. The van der Waals surface area contributed by atoms with Crippen molar-refractivity contribution in [2.24, 2.45) is 11.3 Å². The molecule has 1 rings (SSSR count). The van der Waals surface area contributed by atoms with E-state index in [4.69, 9.17) is 0 Å². The van der Waals surface area contributed by atoms with Crippen LogP contribution >= 0.6 is 0 Å². The maximum atomic E-state index is 11.8. The molecule has 1 aliphatic rings. The molecule has 17 heavy (non-hydrogen) atoms. The molecule has 2 N–H and O–H groups in total. The number of hydrogen-bond acceptors (Lipinski definition) is 2. The fourth-order valence-electron chi connectivity index (χ4n) is 2.36. The minimum Gasteiger partial charge on any atom is -0.354 e. The molecule has 1 saturated carbocycles. The van der Waals surface area contributed by atoms with Crippen molar-refractivity contribution in [2.75, 3.05) is 13.1 Å². The van der Waals surface area contributed by atoms with Gasteiger partial charge in [-0.05, 0) is 31.1 Å². The van der Waals surface area contributed by atoms with Crippen molar-refractivity contribution < 1.29 is 4.79 Å². The normalized spacial score (nSPS) is 20.5. The first-order valence-corrected chi connectivity index (χ1v) is 6.94. The Hall–Kier alpha value is -0.570. The molecule has 1 aliphatic carbocycles. The van der Waals surface area contributed by atoms with Crippen LogP contribution in [0.3, 0.4) is 0 Å². The van der Waals surface area contributed by atoms with Crippen molar-refractivity contribution in [1.29, 1.82) is 0 Å². The minimum absolute atomic E-state index is 0.0776. The highest BCUT2D eigenvalue weighted by atomic mass is 16.2. The molecule has 0 aromatic heterocycles. The summed E-state index contributed by atoms with van der Waals surface area (Å²) in [4.78, 5) is 11.8. The Morgan fingerprint density at radius 2 is 1.82 bits per heavy atom. The lowest BCUT2D eigenvalue weighted by Gasteiger charge is -2.26. The standard InChI is InChI=1S/C14H28N2O/c1-11(2)9-15-13(17)12(3)16-10-14(4)7-5-6-8-14/h11-12,16H,5-10H2,1-4H3,(H,15,17). The van der Waals surface area contributed by atoms with Crippen LogP contribution in [0.25, 0.3) is 0 Å². The van der Waals surface area contributed by atoms with Gasteiger partial charge < -0.3 is 10.6 Å². The molecule has 0 radical (unpaired) electrons. The van der Waals surface area contributed by atoms with E-state index in [1.54, 1.807) is 0 Å². The lowest BCUT2D eigenvalue weighted by atomic mass is 9.88. The van der Waals surface area contributed by atoms with Gasteiger partial charge in [-0.2, -0.15) is 0 Å². The Morgan fingerprint density at radius 3 is 2.35 bits per heavy atom. The van der Waals surface area contributed by atoms with Crippen molar-refractivity contribution in [3.63, 3.8) is 0 Å². The number of carbonyl (C=O) groups is 1. The van der Waals surface area contributed by atoms with Crippen molar-refractivity contribution in [3.05, 3.63) is 0 Å². The Balaban J connectivity index is 2.23. The Kier molecular flexibility index (Phi) is 5.44. The molecule has 1 fully saturated rings. The summed E-state index contributed by atoms with van der Waals surface area (Å²) in [6.45, 7) is 10.2. The quantitative estimate of drug-likeness (QED) is 0.748. The number of nitrogens with one attached hydrogen (secondary N) is 2. The highest BCUT2D eigenvalue weighted by Gasteiger charge is 2.29. The number of hydrogen-bond donors (Lipinski definition) is 2. The Labute approximate surface area is 106 Å². The molecule has 3 heteroatoms. The van der Waals surface area contributed by atoms with E-state index < -0.39 is 0 Å². The zero-order valence-electron chi connectivity index (χ0n) is 11.8. The SMILES string of the molecule is CC(C)CNC(=O)C(C)NCC1(C)CCCC1. The molecule has 1 unspecified atom stereocenters. The van der Waals surface area contributed by atoms with Crippen LogP contribution in [0.2, 0.25) is 0 Å². The lowest BCUT2D eigenvalue weighted by Crippen LogP contribution is -2.46. The average Bonchev–Trinajstić information content (AvgIpc) is 2.70. The van der Waals surface area contributed by atoms with Crippen molar-refractivity contribution in [3.8, 4) is 0 Å². The van der Waals surface area contributed by atoms with Gasteiger partial charge in [-0.15, -0.1) is 0 Å². The van der Waals surface area contributed by atoms with Gasteiger partial charge >= 0.3 is 0 Å². The first-order chi connectivity index (χ1) is 7.93. The molecular formula is C14H28N2O. The van der Waals surface area contributed by atoms with Gasteiger partial charge in [-0.25, -0.2) is 0 Å². The topological polar surface area (TPSA) is 41.1 Å². The third-order valence-electron chi connectivity index (χ3n) is 3.72. The minimum atomic E-state index is -0.0776. The molecule has 3 nitrogen and oxygen atoms in total. The molecule has 0 aliphatic heterocycles. The van der Waals surface area contributed by atoms with Crippen LogP contribution in [0.4, 0.5) is 0 Å². The van der Waals surface area contributed by atoms with E-state index in [9.17, 15) is 4.79 Å². The maximum Gasteiger partial charge on any atom is 0.236 e. The van der Waals surface area contributed by atoms with Gasteiger partial charge in [-0.1, -0.05) is 33.6 Å². The van der Waals surface area contributed by atoms with E-state index >= 15 is 0 Å². The number of amides is 1. The fraction of sp³-hybridized carbons (Fsp3) is 0.929. The van der Waals surface area contributed by atoms with Gasteiger partial charge in [-0.3, -0.25) is 4.79 Å². The summed E-state index contributed by atoms with van der Waals surface area (Å²) in [5.74, 6) is 0.638. The zero-order valence-corrected chi connectivity index (χ0v) is 11.8. The van der Waals surface area contributed by atoms with Crippen LogP contribution in [0.15, 0.2) is 0 Å². The zero-order chi connectivity index (χ0) is 12.9. The first kappa shape index (κ1) is 14.5. The van der Waals surface area contributed by atoms with Gasteiger partial charge in [0.15, 0.2) is 0 Å². The van der Waals surface area contributed by atoms with E-state index in [2.05, 4.69) is 31.4 Å². The summed E-state index contributed by atoms with van der Waals surface area (Å²) in [5, 5.41) is 6.34. The Morgan fingerprint density at radius 1 is 1.24 bits per heavy atom. The van der Waals surface area contributed by atoms with Crippen LogP contribution in [0, 0.1) is 11.3 Å². The summed E-state index contributed by atoms with van der Waals surface area (Å²) in [5.41, 5.74) is 0.409. The molecule has 1 amide bonds. The van der Waals surface area contributed by atoms with Crippen LogP contribution in [-0.4, -0.2) is 25.0 Å². The Bertz CT molecular complexity index is 245. The van der Waals surface area contributed by atoms with Crippen LogP contribution in [0.1, 0.15) is 53.4 Å².